The number of carbonyl (C=O) groups is 2. The largest absolute Gasteiger partial charge is 0.452 e. The summed E-state index contributed by atoms with van der Waals surface area (Å²) < 4.78 is 18.5. The first-order valence-corrected chi connectivity index (χ1v) is 8.05. The molecule has 1 amide bonds. The number of benzene rings is 2. The molecular formula is C20H18FNO3. The molecule has 0 radical (unpaired) electrons. The van der Waals surface area contributed by atoms with Crippen molar-refractivity contribution >= 4 is 23.6 Å². The summed E-state index contributed by atoms with van der Waals surface area (Å²) in [6, 6.07) is 13.8. The van der Waals surface area contributed by atoms with E-state index in [-0.39, 0.29) is 24.1 Å². The Labute approximate surface area is 145 Å². The first-order valence-electron chi connectivity index (χ1n) is 8.05. The van der Waals surface area contributed by atoms with Crippen LogP contribution in [0, 0.1) is 5.82 Å². The van der Waals surface area contributed by atoms with Crippen molar-refractivity contribution in [2.75, 3.05) is 11.5 Å². The molecule has 0 aromatic heterocycles. The minimum absolute atomic E-state index is 0.0255. The van der Waals surface area contributed by atoms with Crippen LogP contribution in [0.2, 0.25) is 0 Å². The summed E-state index contributed by atoms with van der Waals surface area (Å²) in [5.74, 6) is -1.38. The standard InChI is InChI=1S/C20H18FNO3/c1-14-12-16-7-3-5-9-18(16)22(14)19(23)13-25-20(24)11-10-15-6-2-4-8-17(15)21/h2-11,14H,12-13H2,1H3/b11-10+/t14-/m0/s1. The summed E-state index contributed by atoms with van der Waals surface area (Å²) in [7, 11) is 0. The lowest BCUT2D eigenvalue weighted by Gasteiger charge is -2.22. The van der Waals surface area contributed by atoms with Gasteiger partial charge in [0, 0.05) is 23.4 Å². The molecule has 1 aliphatic heterocycles. The monoisotopic (exact) mass is 339 g/mol. The number of hydrogen-bond donors (Lipinski definition) is 0. The number of amides is 1. The van der Waals surface area contributed by atoms with E-state index in [4.69, 9.17) is 4.74 Å². The molecule has 0 aliphatic carbocycles. The molecule has 0 fully saturated rings. The van der Waals surface area contributed by atoms with Crippen LogP contribution in [0.4, 0.5) is 10.1 Å². The highest BCUT2D eigenvalue weighted by molar-refractivity contribution is 5.98. The van der Waals surface area contributed by atoms with Gasteiger partial charge in [0.15, 0.2) is 6.61 Å². The van der Waals surface area contributed by atoms with Crippen LogP contribution in [0.25, 0.3) is 6.08 Å². The van der Waals surface area contributed by atoms with E-state index < -0.39 is 11.8 Å². The van der Waals surface area contributed by atoms with Gasteiger partial charge >= 0.3 is 5.97 Å². The van der Waals surface area contributed by atoms with E-state index in [0.717, 1.165) is 23.7 Å². The second-order valence-corrected chi connectivity index (χ2v) is 5.91. The van der Waals surface area contributed by atoms with Crippen molar-refractivity contribution < 1.29 is 18.7 Å². The SMILES string of the molecule is C[C@H]1Cc2ccccc2N1C(=O)COC(=O)/C=C/c1ccccc1F. The van der Waals surface area contributed by atoms with Gasteiger partial charge in [-0.2, -0.15) is 0 Å². The van der Waals surface area contributed by atoms with Crippen LogP contribution in [0.5, 0.6) is 0 Å². The molecule has 0 spiro atoms. The maximum atomic E-state index is 13.5. The average molecular weight is 339 g/mol. The van der Waals surface area contributed by atoms with Gasteiger partial charge in [-0.25, -0.2) is 9.18 Å². The molecule has 128 valence electrons. The van der Waals surface area contributed by atoms with Crippen molar-refractivity contribution in [3.05, 3.63) is 71.6 Å². The summed E-state index contributed by atoms with van der Waals surface area (Å²) in [5.41, 5.74) is 2.25. The molecular weight excluding hydrogens is 321 g/mol. The smallest absolute Gasteiger partial charge is 0.331 e. The topological polar surface area (TPSA) is 46.6 Å². The third-order valence-corrected chi connectivity index (χ3v) is 4.12. The second-order valence-electron chi connectivity index (χ2n) is 5.91. The molecule has 2 aromatic rings. The number of esters is 1. The highest BCUT2D eigenvalue weighted by atomic mass is 19.1. The molecule has 0 bridgehead atoms. The Morgan fingerprint density at radius 2 is 1.92 bits per heavy atom. The average Bonchev–Trinajstić information content (AvgIpc) is 2.94. The Morgan fingerprint density at radius 1 is 1.20 bits per heavy atom. The molecule has 4 nitrogen and oxygen atoms in total. The Balaban J connectivity index is 1.59. The van der Waals surface area contributed by atoms with Gasteiger partial charge in [-0.3, -0.25) is 4.79 Å². The fraction of sp³-hybridized carbons (Fsp3) is 0.200. The third kappa shape index (κ3) is 3.76. The quantitative estimate of drug-likeness (QED) is 0.634. The maximum absolute atomic E-state index is 13.5. The van der Waals surface area contributed by atoms with Crippen LogP contribution < -0.4 is 4.90 Å². The molecule has 1 heterocycles. The van der Waals surface area contributed by atoms with Crippen molar-refractivity contribution in [3.63, 3.8) is 0 Å². The number of nitrogens with zero attached hydrogens (tertiary/aromatic N) is 1. The fourth-order valence-corrected chi connectivity index (χ4v) is 2.96. The van der Waals surface area contributed by atoms with Crippen LogP contribution >= 0.6 is 0 Å². The summed E-state index contributed by atoms with van der Waals surface area (Å²) in [5, 5.41) is 0. The maximum Gasteiger partial charge on any atom is 0.331 e. The minimum atomic E-state index is -0.684. The van der Waals surface area contributed by atoms with Gasteiger partial charge < -0.3 is 9.64 Å². The van der Waals surface area contributed by atoms with Gasteiger partial charge in [-0.05, 0) is 37.1 Å². The molecule has 3 rings (SSSR count). The van der Waals surface area contributed by atoms with E-state index >= 15 is 0 Å². The van der Waals surface area contributed by atoms with E-state index in [2.05, 4.69) is 0 Å². The van der Waals surface area contributed by atoms with Crippen LogP contribution in [0.1, 0.15) is 18.1 Å². The van der Waals surface area contributed by atoms with Gasteiger partial charge in [0.1, 0.15) is 5.82 Å². The van der Waals surface area contributed by atoms with Crippen molar-refractivity contribution in [2.45, 2.75) is 19.4 Å². The second kappa shape index (κ2) is 7.30. The lowest BCUT2D eigenvalue weighted by molar-refractivity contribution is -0.143. The number of para-hydroxylation sites is 1. The van der Waals surface area contributed by atoms with Crippen LogP contribution in [0.3, 0.4) is 0 Å². The highest BCUT2D eigenvalue weighted by Gasteiger charge is 2.30. The molecule has 0 unspecified atom stereocenters. The van der Waals surface area contributed by atoms with E-state index in [1.807, 2.05) is 31.2 Å². The molecule has 1 atom stereocenters. The summed E-state index contributed by atoms with van der Waals surface area (Å²) in [6.07, 6.45) is 3.23. The van der Waals surface area contributed by atoms with Crippen molar-refractivity contribution in [3.8, 4) is 0 Å². The van der Waals surface area contributed by atoms with Crippen molar-refractivity contribution in [1.29, 1.82) is 0 Å². The van der Waals surface area contributed by atoms with E-state index in [1.165, 1.54) is 12.1 Å². The number of rotatable bonds is 4. The minimum Gasteiger partial charge on any atom is -0.452 e. The lowest BCUT2D eigenvalue weighted by atomic mass is 10.1. The Bertz CT molecular complexity index is 831. The molecule has 25 heavy (non-hydrogen) atoms. The number of ether oxygens (including phenoxy) is 1. The van der Waals surface area contributed by atoms with E-state index in [0.29, 0.717) is 0 Å². The Hall–Kier alpha value is -2.95. The number of halogens is 1. The lowest BCUT2D eigenvalue weighted by Crippen LogP contribution is -2.38. The zero-order valence-corrected chi connectivity index (χ0v) is 13.8. The third-order valence-electron chi connectivity index (χ3n) is 4.12. The zero-order valence-electron chi connectivity index (χ0n) is 13.8. The van der Waals surface area contributed by atoms with E-state index in [9.17, 15) is 14.0 Å². The number of hydrogen-bond acceptors (Lipinski definition) is 3. The van der Waals surface area contributed by atoms with E-state index in [1.54, 1.807) is 23.1 Å². The first kappa shape index (κ1) is 16.9. The van der Waals surface area contributed by atoms with Crippen LogP contribution in [0.15, 0.2) is 54.6 Å². The molecule has 5 heteroatoms. The Morgan fingerprint density at radius 3 is 2.72 bits per heavy atom. The molecule has 0 N–H and O–H groups in total. The number of fused-ring (bicyclic) bond motifs is 1. The first-order chi connectivity index (χ1) is 12.1. The predicted molar refractivity (Wildman–Crippen MR) is 93.5 cm³/mol. The van der Waals surface area contributed by atoms with Crippen molar-refractivity contribution in [2.24, 2.45) is 0 Å². The number of anilines is 1. The normalized spacial score (nSPS) is 16.1. The number of carbonyl (C=O) groups excluding carboxylic acids is 2. The van der Waals surface area contributed by atoms with Crippen LogP contribution in [-0.2, 0) is 20.7 Å². The predicted octanol–water partition coefficient (Wildman–Crippen LogP) is 3.36. The Kier molecular flexibility index (Phi) is 4.93. The summed E-state index contributed by atoms with van der Waals surface area (Å²) in [6.45, 7) is 1.61. The molecule has 0 saturated carbocycles. The van der Waals surface area contributed by atoms with Gasteiger partial charge in [-0.15, -0.1) is 0 Å². The summed E-state index contributed by atoms with van der Waals surface area (Å²) in [4.78, 5) is 25.8. The highest BCUT2D eigenvalue weighted by Crippen LogP contribution is 2.31. The van der Waals surface area contributed by atoms with Gasteiger partial charge in [0.05, 0.1) is 0 Å². The van der Waals surface area contributed by atoms with Gasteiger partial charge in [-0.1, -0.05) is 36.4 Å². The van der Waals surface area contributed by atoms with Gasteiger partial charge in [0.25, 0.3) is 5.91 Å². The van der Waals surface area contributed by atoms with Crippen molar-refractivity contribution in [1.82, 2.24) is 0 Å². The molecule has 2 aromatic carbocycles. The summed E-state index contributed by atoms with van der Waals surface area (Å²) >= 11 is 0. The van der Waals surface area contributed by atoms with Gasteiger partial charge in [0.2, 0.25) is 0 Å². The fourth-order valence-electron chi connectivity index (χ4n) is 2.96. The molecule has 0 saturated heterocycles. The molecule has 1 aliphatic rings. The van der Waals surface area contributed by atoms with Crippen LogP contribution in [-0.4, -0.2) is 24.5 Å². The zero-order chi connectivity index (χ0) is 17.8.